The molecule has 0 radical (unpaired) electrons. The molecule has 7 heteroatoms. The number of hydrogen-bond donors (Lipinski definition) is 2. The predicted molar refractivity (Wildman–Crippen MR) is 102 cm³/mol. The number of aliphatic imine (C=N–C) groups is 1. The maximum absolute atomic E-state index is 6.04. The van der Waals surface area contributed by atoms with Crippen molar-refractivity contribution in [2.24, 2.45) is 10.9 Å². The van der Waals surface area contributed by atoms with Crippen molar-refractivity contribution in [1.82, 2.24) is 25.4 Å². The highest BCUT2D eigenvalue weighted by molar-refractivity contribution is 5.79. The molecule has 0 atom stereocenters. The Morgan fingerprint density at radius 2 is 2.12 bits per heavy atom. The molecule has 0 spiro atoms. The third-order valence-electron chi connectivity index (χ3n) is 4.51. The monoisotopic (exact) mass is 356 g/mol. The van der Waals surface area contributed by atoms with Crippen LogP contribution >= 0.6 is 0 Å². The minimum absolute atomic E-state index is 0.576. The first-order valence-electron chi connectivity index (χ1n) is 9.23. The van der Waals surface area contributed by atoms with Gasteiger partial charge in [-0.2, -0.15) is 0 Å². The molecule has 2 N–H and O–H groups in total. The molecule has 26 heavy (non-hydrogen) atoms. The van der Waals surface area contributed by atoms with E-state index in [1.807, 2.05) is 4.57 Å². The Labute approximate surface area is 154 Å². The van der Waals surface area contributed by atoms with Gasteiger partial charge in [0.15, 0.2) is 11.8 Å². The number of nitrogens with one attached hydrogen (secondary N) is 2. The van der Waals surface area contributed by atoms with E-state index in [4.69, 9.17) is 4.74 Å². The Bertz CT molecular complexity index is 750. The molecule has 7 nitrogen and oxygen atoms in total. The minimum Gasteiger partial charge on any atom is -0.493 e. The average Bonchev–Trinajstić information content (AvgIpc) is 3.37. The van der Waals surface area contributed by atoms with Crippen LogP contribution in [0.4, 0.5) is 0 Å². The highest BCUT2D eigenvalue weighted by atomic mass is 16.5. The summed E-state index contributed by atoms with van der Waals surface area (Å²) in [6, 6.07) is 6.34. The Hall–Kier alpha value is -2.57. The lowest BCUT2D eigenvalue weighted by Gasteiger charge is -2.15. The van der Waals surface area contributed by atoms with Gasteiger partial charge in [-0.05, 0) is 44.2 Å². The van der Waals surface area contributed by atoms with Crippen LogP contribution in [0.5, 0.6) is 5.75 Å². The van der Waals surface area contributed by atoms with E-state index in [2.05, 4.69) is 57.9 Å². The maximum atomic E-state index is 6.04. The van der Waals surface area contributed by atoms with Crippen molar-refractivity contribution in [3.05, 3.63) is 41.5 Å². The second-order valence-corrected chi connectivity index (χ2v) is 6.68. The zero-order valence-electron chi connectivity index (χ0n) is 15.8. The summed E-state index contributed by atoms with van der Waals surface area (Å²) in [5, 5.41) is 14.7. The van der Waals surface area contributed by atoms with E-state index < -0.39 is 0 Å². The first kappa shape index (κ1) is 18.2. The SMILES string of the molecule is CCn1cnnc1CNC(=NC)NCc1ccc(C)cc1OCC1CC1. The molecule has 1 aliphatic rings. The standard InChI is InChI=1S/C19H28N6O/c1-4-25-13-23-24-18(25)11-22-19(20-3)21-10-16-8-5-14(2)9-17(16)26-12-15-6-7-15/h5,8-9,13,15H,4,6-7,10-12H2,1-3H3,(H2,20,21,22). The fraction of sp³-hybridized carbons (Fsp3) is 0.526. The van der Waals surface area contributed by atoms with Crippen LogP contribution < -0.4 is 15.4 Å². The molecule has 1 aromatic heterocycles. The fourth-order valence-electron chi connectivity index (χ4n) is 2.68. The van der Waals surface area contributed by atoms with E-state index in [-0.39, 0.29) is 0 Å². The highest BCUT2D eigenvalue weighted by Gasteiger charge is 2.22. The number of aromatic nitrogens is 3. The van der Waals surface area contributed by atoms with Crippen LogP contribution in [-0.4, -0.2) is 34.4 Å². The number of nitrogens with zero attached hydrogens (tertiary/aromatic N) is 4. The van der Waals surface area contributed by atoms with Crippen molar-refractivity contribution in [2.45, 2.75) is 46.3 Å². The van der Waals surface area contributed by atoms with Gasteiger partial charge in [-0.25, -0.2) is 0 Å². The molecular formula is C19H28N6O. The summed E-state index contributed by atoms with van der Waals surface area (Å²) in [5.74, 6) is 3.32. The van der Waals surface area contributed by atoms with Crippen molar-refractivity contribution in [3.8, 4) is 5.75 Å². The number of hydrogen-bond acceptors (Lipinski definition) is 4. The second kappa shape index (κ2) is 8.69. The van der Waals surface area contributed by atoms with E-state index >= 15 is 0 Å². The van der Waals surface area contributed by atoms with Crippen LogP contribution in [0.3, 0.4) is 0 Å². The average molecular weight is 356 g/mol. The lowest BCUT2D eigenvalue weighted by molar-refractivity contribution is 0.296. The molecule has 0 bridgehead atoms. The Morgan fingerprint density at radius 1 is 1.31 bits per heavy atom. The van der Waals surface area contributed by atoms with E-state index in [1.54, 1.807) is 13.4 Å². The Morgan fingerprint density at radius 3 is 2.85 bits per heavy atom. The molecule has 1 aliphatic carbocycles. The van der Waals surface area contributed by atoms with Gasteiger partial charge >= 0.3 is 0 Å². The largest absolute Gasteiger partial charge is 0.493 e. The summed E-state index contributed by atoms with van der Waals surface area (Å²) in [4.78, 5) is 4.29. The van der Waals surface area contributed by atoms with Gasteiger partial charge in [0.1, 0.15) is 12.1 Å². The van der Waals surface area contributed by atoms with Crippen molar-refractivity contribution < 1.29 is 4.74 Å². The van der Waals surface area contributed by atoms with Crippen LogP contribution in [-0.2, 0) is 19.6 Å². The van der Waals surface area contributed by atoms with Crippen LogP contribution in [0.25, 0.3) is 0 Å². The third kappa shape index (κ3) is 4.97. The molecule has 1 aromatic carbocycles. The molecule has 0 unspecified atom stereocenters. The number of rotatable bonds is 8. The third-order valence-corrected chi connectivity index (χ3v) is 4.51. The second-order valence-electron chi connectivity index (χ2n) is 6.68. The van der Waals surface area contributed by atoms with E-state index in [1.165, 1.54) is 18.4 Å². The van der Waals surface area contributed by atoms with Gasteiger partial charge in [0.05, 0.1) is 13.2 Å². The topological polar surface area (TPSA) is 76.4 Å². The number of ether oxygens (including phenoxy) is 1. The summed E-state index contributed by atoms with van der Waals surface area (Å²) in [6.07, 6.45) is 4.32. The van der Waals surface area contributed by atoms with Crippen LogP contribution in [0, 0.1) is 12.8 Å². The molecule has 3 rings (SSSR count). The fourth-order valence-corrected chi connectivity index (χ4v) is 2.68. The van der Waals surface area contributed by atoms with Crippen LogP contribution in [0.1, 0.15) is 36.7 Å². The van der Waals surface area contributed by atoms with E-state index in [9.17, 15) is 0 Å². The predicted octanol–water partition coefficient (Wildman–Crippen LogP) is 2.26. The minimum atomic E-state index is 0.576. The van der Waals surface area contributed by atoms with Gasteiger partial charge in [-0.15, -0.1) is 10.2 Å². The molecule has 1 heterocycles. The van der Waals surface area contributed by atoms with E-state index in [0.29, 0.717) is 13.1 Å². The molecule has 0 amide bonds. The lowest BCUT2D eigenvalue weighted by Crippen LogP contribution is -2.37. The zero-order chi connectivity index (χ0) is 18.4. The molecule has 2 aromatic rings. The summed E-state index contributed by atoms with van der Waals surface area (Å²) in [6.45, 7) is 7.05. The highest BCUT2D eigenvalue weighted by Crippen LogP contribution is 2.30. The van der Waals surface area contributed by atoms with Crippen molar-refractivity contribution >= 4 is 5.96 Å². The number of guanidine groups is 1. The Balaban J connectivity index is 1.56. The lowest BCUT2D eigenvalue weighted by atomic mass is 10.1. The summed E-state index contributed by atoms with van der Waals surface area (Å²) in [5.41, 5.74) is 2.34. The van der Waals surface area contributed by atoms with Crippen LogP contribution in [0.2, 0.25) is 0 Å². The van der Waals surface area contributed by atoms with Crippen molar-refractivity contribution in [1.29, 1.82) is 0 Å². The quantitative estimate of drug-likeness (QED) is 0.560. The molecule has 1 fully saturated rings. The molecule has 140 valence electrons. The number of aryl methyl sites for hydroxylation is 2. The molecule has 0 aliphatic heterocycles. The smallest absolute Gasteiger partial charge is 0.191 e. The van der Waals surface area contributed by atoms with Gasteiger partial charge in [0.2, 0.25) is 0 Å². The van der Waals surface area contributed by atoms with Gasteiger partial charge in [-0.3, -0.25) is 4.99 Å². The number of benzene rings is 1. The molecule has 0 saturated heterocycles. The maximum Gasteiger partial charge on any atom is 0.191 e. The van der Waals surface area contributed by atoms with E-state index in [0.717, 1.165) is 42.2 Å². The normalized spacial score (nSPS) is 14.3. The summed E-state index contributed by atoms with van der Waals surface area (Å²) in [7, 11) is 1.76. The van der Waals surface area contributed by atoms with Gasteiger partial charge < -0.3 is 19.9 Å². The van der Waals surface area contributed by atoms with Gasteiger partial charge in [0, 0.05) is 25.7 Å². The van der Waals surface area contributed by atoms with Crippen molar-refractivity contribution in [3.63, 3.8) is 0 Å². The first-order valence-corrected chi connectivity index (χ1v) is 9.23. The van der Waals surface area contributed by atoms with Gasteiger partial charge in [-0.1, -0.05) is 12.1 Å². The Kier molecular flexibility index (Phi) is 6.09. The van der Waals surface area contributed by atoms with Crippen molar-refractivity contribution in [2.75, 3.05) is 13.7 Å². The molecular weight excluding hydrogens is 328 g/mol. The summed E-state index contributed by atoms with van der Waals surface area (Å²) < 4.78 is 8.04. The van der Waals surface area contributed by atoms with Crippen LogP contribution in [0.15, 0.2) is 29.5 Å². The summed E-state index contributed by atoms with van der Waals surface area (Å²) >= 11 is 0. The first-order chi connectivity index (χ1) is 12.7. The zero-order valence-corrected chi connectivity index (χ0v) is 15.8. The molecule has 1 saturated carbocycles. The van der Waals surface area contributed by atoms with Gasteiger partial charge in [0.25, 0.3) is 0 Å².